The second-order valence-corrected chi connectivity index (χ2v) is 3.56. The molecule has 1 rings (SSSR count). The molecular weight excluding hydrogens is 124 g/mol. The van der Waals surface area contributed by atoms with Gasteiger partial charge in [-0.05, 0) is 17.1 Å². The van der Waals surface area contributed by atoms with Crippen molar-refractivity contribution in [1.82, 2.24) is 0 Å². The molecular formula is C9H14O. The Morgan fingerprint density at radius 1 is 1.40 bits per heavy atom. The van der Waals surface area contributed by atoms with Crippen molar-refractivity contribution in [3.05, 3.63) is 24.0 Å². The molecule has 1 heterocycles. The summed E-state index contributed by atoms with van der Waals surface area (Å²) in [7, 11) is 0. The minimum atomic E-state index is 0.219. The lowest BCUT2D eigenvalue weighted by Crippen LogP contribution is -2.10. The molecule has 56 valence electrons. The highest BCUT2D eigenvalue weighted by molar-refractivity contribution is 5.24. The van der Waals surface area contributed by atoms with E-state index in [1.54, 1.807) is 0 Å². The van der Waals surface area contributed by atoms with Gasteiger partial charge in [0.1, 0.15) is 6.61 Å². The lowest BCUT2D eigenvalue weighted by molar-refractivity contribution is 0.273. The van der Waals surface area contributed by atoms with Gasteiger partial charge < -0.3 is 4.74 Å². The molecule has 0 aromatic carbocycles. The number of allylic oxidation sites excluding steroid dienone is 2. The van der Waals surface area contributed by atoms with Gasteiger partial charge in [0.15, 0.2) is 0 Å². The minimum absolute atomic E-state index is 0.219. The third-order valence-corrected chi connectivity index (χ3v) is 1.57. The SMILES string of the molecule is CC(C)(C)C1=COCC=C1. The molecule has 0 aromatic heterocycles. The summed E-state index contributed by atoms with van der Waals surface area (Å²) >= 11 is 0. The van der Waals surface area contributed by atoms with Gasteiger partial charge in [-0.3, -0.25) is 0 Å². The van der Waals surface area contributed by atoms with Crippen LogP contribution in [-0.4, -0.2) is 6.61 Å². The molecule has 0 aromatic rings. The first-order valence-corrected chi connectivity index (χ1v) is 3.59. The maximum atomic E-state index is 5.16. The summed E-state index contributed by atoms with van der Waals surface area (Å²) in [6.45, 7) is 7.26. The summed E-state index contributed by atoms with van der Waals surface area (Å²) in [6, 6.07) is 0. The standard InChI is InChI=1S/C9H14O/c1-9(2,3)8-5-4-6-10-7-8/h4-5,7H,6H2,1-3H3. The Kier molecular flexibility index (Phi) is 1.84. The predicted octanol–water partition coefficient (Wildman–Crippen LogP) is 2.50. The summed E-state index contributed by atoms with van der Waals surface area (Å²) in [6.07, 6.45) is 6.02. The second-order valence-electron chi connectivity index (χ2n) is 3.56. The summed E-state index contributed by atoms with van der Waals surface area (Å²) in [5.74, 6) is 0. The van der Waals surface area contributed by atoms with Crippen molar-refractivity contribution in [3.8, 4) is 0 Å². The molecule has 0 unspecified atom stereocenters. The third kappa shape index (κ3) is 1.63. The Morgan fingerprint density at radius 3 is 2.40 bits per heavy atom. The first kappa shape index (κ1) is 7.39. The van der Waals surface area contributed by atoms with Gasteiger partial charge in [-0.2, -0.15) is 0 Å². The van der Waals surface area contributed by atoms with Crippen LogP contribution in [0.25, 0.3) is 0 Å². The van der Waals surface area contributed by atoms with Gasteiger partial charge in [-0.15, -0.1) is 0 Å². The van der Waals surface area contributed by atoms with Gasteiger partial charge in [-0.25, -0.2) is 0 Å². The summed E-state index contributed by atoms with van der Waals surface area (Å²) in [4.78, 5) is 0. The Labute approximate surface area is 62.4 Å². The Morgan fingerprint density at radius 2 is 2.10 bits per heavy atom. The molecule has 1 aliphatic rings. The first-order valence-electron chi connectivity index (χ1n) is 3.59. The molecule has 0 amide bonds. The molecule has 0 bridgehead atoms. The Hall–Kier alpha value is -0.720. The van der Waals surface area contributed by atoms with E-state index < -0.39 is 0 Å². The largest absolute Gasteiger partial charge is 0.497 e. The second kappa shape index (κ2) is 2.49. The van der Waals surface area contributed by atoms with Crippen LogP contribution in [0.15, 0.2) is 24.0 Å². The van der Waals surface area contributed by atoms with E-state index in [1.807, 2.05) is 12.3 Å². The molecule has 10 heavy (non-hydrogen) atoms. The van der Waals surface area contributed by atoms with E-state index in [-0.39, 0.29) is 5.41 Å². The van der Waals surface area contributed by atoms with Gasteiger partial charge >= 0.3 is 0 Å². The van der Waals surface area contributed by atoms with Gasteiger partial charge in [0.25, 0.3) is 0 Å². The van der Waals surface area contributed by atoms with Crippen LogP contribution in [0.5, 0.6) is 0 Å². The molecule has 1 nitrogen and oxygen atoms in total. The molecule has 0 saturated heterocycles. The smallest absolute Gasteiger partial charge is 0.106 e. The van der Waals surface area contributed by atoms with Crippen LogP contribution in [0.1, 0.15) is 20.8 Å². The maximum Gasteiger partial charge on any atom is 0.106 e. The monoisotopic (exact) mass is 138 g/mol. The van der Waals surface area contributed by atoms with Crippen LogP contribution in [0.4, 0.5) is 0 Å². The first-order chi connectivity index (χ1) is 4.61. The Balaban J connectivity index is 2.73. The molecule has 1 heteroatoms. The molecule has 0 atom stereocenters. The molecule has 0 saturated carbocycles. The lowest BCUT2D eigenvalue weighted by Gasteiger charge is -2.21. The van der Waals surface area contributed by atoms with E-state index in [4.69, 9.17) is 4.74 Å². The molecule has 0 spiro atoms. The van der Waals surface area contributed by atoms with Crippen molar-refractivity contribution >= 4 is 0 Å². The van der Waals surface area contributed by atoms with Gasteiger partial charge in [-0.1, -0.05) is 26.8 Å². The van der Waals surface area contributed by atoms with Crippen molar-refractivity contribution in [3.63, 3.8) is 0 Å². The van der Waals surface area contributed by atoms with E-state index in [2.05, 4.69) is 26.8 Å². The molecule has 0 radical (unpaired) electrons. The fraction of sp³-hybridized carbons (Fsp3) is 0.556. The summed E-state index contributed by atoms with van der Waals surface area (Å²) in [5, 5.41) is 0. The average Bonchev–Trinajstić information content (AvgIpc) is 1.88. The maximum absolute atomic E-state index is 5.16. The number of rotatable bonds is 0. The van der Waals surface area contributed by atoms with Gasteiger partial charge in [0.2, 0.25) is 0 Å². The highest BCUT2D eigenvalue weighted by atomic mass is 16.5. The van der Waals surface area contributed by atoms with E-state index in [0.717, 1.165) is 6.61 Å². The van der Waals surface area contributed by atoms with Crippen molar-refractivity contribution in [1.29, 1.82) is 0 Å². The Bertz CT molecular complexity index is 170. The fourth-order valence-corrected chi connectivity index (χ4v) is 0.835. The van der Waals surface area contributed by atoms with E-state index >= 15 is 0 Å². The number of hydrogen-bond donors (Lipinski definition) is 0. The molecule has 1 aliphatic heterocycles. The summed E-state index contributed by atoms with van der Waals surface area (Å²) < 4.78 is 5.16. The number of ether oxygens (including phenoxy) is 1. The van der Waals surface area contributed by atoms with Crippen LogP contribution in [0.3, 0.4) is 0 Å². The van der Waals surface area contributed by atoms with Crippen LogP contribution in [-0.2, 0) is 4.74 Å². The van der Waals surface area contributed by atoms with Gasteiger partial charge in [0.05, 0.1) is 6.26 Å². The number of hydrogen-bond acceptors (Lipinski definition) is 1. The lowest BCUT2D eigenvalue weighted by atomic mass is 9.87. The summed E-state index contributed by atoms with van der Waals surface area (Å²) in [5.41, 5.74) is 1.48. The topological polar surface area (TPSA) is 9.23 Å². The van der Waals surface area contributed by atoms with E-state index in [9.17, 15) is 0 Å². The molecule has 0 N–H and O–H groups in total. The zero-order chi connectivity index (χ0) is 7.61. The molecule has 0 aliphatic carbocycles. The normalized spacial score (nSPS) is 18.1. The fourth-order valence-electron chi connectivity index (χ4n) is 0.835. The van der Waals surface area contributed by atoms with Gasteiger partial charge in [0, 0.05) is 0 Å². The zero-order valence-corrected chi connectivity index (χ0v) is 6.85. The molecule has 0 fully saturated rings. The van der Waals surface area contributed by atoms with Crippen LogP contribution in [0.2, 0.25) is 0 Å². The average molecular weight is 138 g/mol. The van der Waals surface area contributed by atoms with Crippen LogP contribution < -0.4 is 0 Å². The predicted molar refractivity (Wildman–Crippen MR) is 42.6 cm³/mol. The third-order valence-electron chi connectivity index (χ3n) is 1.57. The zero-order valence-electron chi connectivity index (χ0n) is 6.85. The van der Waals surface area contributed by atoms with Crippen molar-refractivity contribution in [2.24, 2.45) is 5.41 Å². The van der Waals surface area contributed by atoms with Crippen molar-refractivity contribution in [2.45, 2.75) is 20.8 Å². The highest BCUT2D eigenvalue weighted by Crippen LogP contribution is 2.27. The quantitative estimate of drug-likeness (QED) is 0.499. The highest BCUT2D eigenvalue weighted by Gasteiger charge is 2.15. The van der Waals surface area contributed by atoms with Crippen molar-refractivity contribution < 1.29 is 4.74 Å². The van der Waals surface area contributed by atoms with E-state index in [1.165, 1.54) is 5.57 Å². The van der Waals surface area contributed by atoms with Crippen LogP contribution in [0, 0.1) is 5.41 Å². The van der Waals surface area contributed by atoms with Crippen LogP contribution >= 0.6 is 0 Å². The van der Waals surface area contributed by atoms with E-state index in [0.29, 0.717) is 0 Å². The van der Waals surface area contributed by atoms with Crippen molar-refractivity contribution in [2.75, 3.05) is 6.61 Å². The minimum Gasteiger partial charge on any atom is -0.497 e.